The van der Waals surface area contributed by atoms with Crippen LogP contribution >= 0.6 is 22.7 Å². The molecule has 0 saturated carbocycles. The highest BCUT2D eigenvalue weighted by Gasteiger charge is 2.26. The summed E-state index contributed by atoms with van der Waals surface area (Å²) < 4.78 is 26.7. The van der Waals surface area contributed by atoms with E-state index in [2.05, 4.69) is 21.7 Å². The number of aromatic nitrogens is 1. The van der Waals surface area contributed by atoms with Crippen LogP contribution in [0.25, 0.3) is 17.3 Å². The number of rotatable bonds is 5. The maximum atomic E-state index is 12.6. The Labute approximate surface area is 167 Å². The van der Waals surface area contributed by atoms with Crippen molar-refractivity contribution >= 4 is 43.9 Å². The average molecular weight is 418 g/mol. The molecule has 0 N–H and O–H groups in total. The molecule has 0 atom stereocenters. The predicted octanol–water partition coefficient (Wildman–Crippen LogP) is 3.99. The predicted molar refractivity (Wildman–Crippen MR) is 114 cm³/mol. The lowest BCUT2D eigenvalue weighted by Gasteiger charge is -2.33. The first kappa shape index (κ1) is 18.4. The topological polar surface area (TPSA) is 53.5 Å². The molecule has 0 amide bonds. The van der Waals surface area contributed by atoms with Crippen molar-refractivity contribution in [2.45, 2.75) is 0 Å². The van der Waals surface area contributed by atoms with Crippen molar-refractivity contribution in [2.75, 3.05) is 31.1 Å². The number of anilines is 1. The highest BCUT2D eigenvalue weighted by molar-refractivity contribution is 7.92. The van der Waals surface area contributed by atoms with Gasteiger partial charge in [0.1, 0.15) is 0 Å². The number of hydrogen-bond donors (Lipinski definition) is 0. The minimum atomic E-state index is -3.41. The summed E-state index contributed by atoms with van der Waals surface area (Å²) in [5, 5.41) is 8.44. The maximum Gasteiger partial charge on any atom is 0.236 e. The second kappa shape index (κ2) is 7.93. The zero-order valence-electron chi connectivity index (χ0n) is 14.6. The first-order valence-electron chi connectivity index (χ1n) is 8.58. The summed E-state index contributed by atoms with van der Waals surface area (Å²) in [4.78, 5) is 6.87. The Bertz CT molecular complexity index is 1000. The normalized spacial score (nSPS) is 16.2. The van der Waals surface area contributed by atoms with Gasteiger partial charge in [-0.25, -0.2) is 13.4 Å². The van der Waals surface area contributed by atoms with E-state index in [0.29, 0.717) is 26.2 Å². The number of thiophene rings is 1. The Morgan fingerprint density at radius 3 is 2.48 bits per heavy atom. The monoisotopic (exact) mass is 417 g/mol. The lowest BCUT2D eigenvalue weighted by atomic mass is 10.2. The van der Waals surface area contributed by atoms with Gasteiger partial charge in [-0.2, -0.15) is 15.6 Å². The third-order valence-electron chi connectivity index (χ3n) is 4.41. The van der Waals surface area contributed by atoms with E-state index in [1.54, 1.807) is 28.7 Å². The second-order valence-electron chi connectivity index (χ2n) is 6.17. The minimum absolute atomic E-state index is 0.467. The number of nitrogens with zero attached hydrogens (tertiary/aromatic N) is 3. The van der Waals surface area contributed by atoms with Gasteiger partial charge in [-0.15, -0.1) is 11.3 Å². The summed E-state index contributed by atoms with van der Waals surface area (Å²) in [7, 11) is -3.41. The van der Waals surface area contributed by atoms with Crippen LogP contribution in [-0.4, -0.2) is 43.9 Å². The molecule has 5 nitrogen and oxygen atoms in total. The zero-order valence-corrected chi connectivity index (χ0v) is 17.0. The molecule has 0 bridgehead atoms. The van der Waals surface area contributed by atoms with Gasteiger partial charge >= 0.3 is 0 Å². The van der Waals surface area contributed by atoms with Gasteiger partial charge in [-0.05, 0) is 23.1 Å². The number of piperazine rings is 1. The Morgan fingerprint density at radius 2 is 1.78 bits per heavy atom. The standard InChI is InChI=1S/C19H19N3O2S3/c23-27(24,13-7-16-4-2-1-3-5-16)22-10-8-21(9-11-22)19-20-18(15-26-19)17-6-12-25-14-17/h1-7,12-15H,8-11H2/b13-7+. The molecule has 8 heteroatoms. The number of benzene rings is 1. The van der Waals surface area contributed by atoms with Crippen LogP contribution in [0.4, 0.5) is 5.13 Å². The van der Waals surface area contributed by atoms with Crippen molar-refractivity contribution in [3.05, 3.63) is 63.5 Å². The van der Waals surface area contributed by atoms with Gasteiger partial charge < -0.3 is 4.90 Å². The Hall–Kier alpha value is -2.00. The Morgan fingerprint density at radius 1 is 1.00 bits per heavy atom. The van der Waals surface area contributed by atoms with Gasteiger partial charge in [0.25, 0.3) is 0 Å². The first-order chi connectivity index (χ1) is 13.1. The summed E-state index contributed by atoms with van der Waals surface area (Å²) in [6.07, 6.45) is 1.65. The van der Waals surface area contributed by atoms with Crippen LogP contribution in [0.2, 0.25) is 0 Å². The van der Waals surface area contributed by atoms with Crippen molar-refractivity contribution in [1.29, 1.82) is 0 Å². The van der Waals surface area contributed by atoms with Crippen LogP contribution < -0.4 is 4.90 Å². The Kier molecular flexibility index (Phi) is 5.40. The minimum Gasteiger partial charge on any atom is -0.345 e. The fourth-order valence-corrected chi connectivity index (χ4v) is 5.61. The third kappa shape index (κ3) is 4.30. The van der Waals surface area contributed by atoms with E-state index in [9.17, 15) is 8.42 Å². The maximum absolute atomic E-state index is 12.6. The summed E-state index contributed by atoms with van der Waals surface area (Å²) in [5.41, 5.74) is 3.00. The molecule has 0 spiro atoms. The van der Waals surface area contributed by atoms with Gasteiger partial charge in [-0.3, -0.25) is 0 Å². The summed E-state index contributed by atoms with van der Waals surface area (Å²) in [6, 6.07) is 11.5. The quantitative estimate of drug-likeness (QED) is 0.630. The molecule has 1 aliphatic heterocycles. The van der Waals surface area contributed by atoms with Gasteiger partial charge in [0.15, 0.2) is 5.13 Å². The number of hydrogen-bond acceptors (Lipinski definition) is 6. The smallest absolute Gasteiger partial charge is 0.236 e. The van der Waals surface area contributed by atoms with Gasteiger partial charge in [0, 0.05) is 47.9 Å². The van der Waals surface area contributed by atoms with E-state index in [1.807, 2.05) is 35.7 Å². The van der Waals surface area contributed by atoms with Gasteiger partial charge in [0.2, 0.25) is 10.0 Å². The summed E-state index contributed by atoms with van der Waals surface area (Å²) in [5.74, 6) is 0. The molecule has 140 valence electrons. The van der Waals surface area contributed by atoms with E-state index in [-0.39, 0.29) is 0 Å². The van der Waals surface area contributed by atoms with Gasteiger partial charge in [-0.1, -0.05) is 30.3 Å². The molecule has 3 heterocycles. The fourth-order valence-electron chi connectivity index (χ4n) is 2.90. The molecule has 4 rings (SSSR count). The summed E-state index contributed by atoms with van der Waals surface area (Å²) in [6.45, 7) is 2.23. The van der Waals surface area contributed by atoms with Crippen LogP contribution in [0.15, 0.2) is 57.9 Å². The molecule has 3 aromatic rings. The summed E-state index contributed by atoms with van der Waals surface area (Å²) >= 11 is 3.26. The molecule has 1 aromatic carbocycles. The lowest BCUT2D eigenvalue weighted by Crippen LogP contribution is -2.48. The van der Waals surface area contributed by atoms with Crippen molar-refractivity contribution < 1.29 is 8.42 Å². The zero-order chi connectivity index (χ0) is 18.7. The first-order valence-corrected chi connectivity index (χ1v) is 11.9. The molecular weight excluding hydrogens is 398 g/mol. The molecule has 2 aromatic heterocycles. The van der Waals surface area contributed by atoms with Crippen molar-refractivity contribution in [3.63, 3.8) is 0 Å². The van der Waals surface area contributed by atoms with Crippen LogP contribution in [0.5, 0.6) is 0 Å². The van der Waals surface area contributed by atoms with E-state index < -0.39 is 10.0 Å². The molecular formula is C19H19N3O2S3. The van der Waals surface area contributed by atoms with Gasteiger partial charge in [0.05, 0.1) is 5.69 Å². The highest BCUT2D eigenvalue weighted by atomic mass is 32.2. The SMILES string of the molecule is O=S(=O)(/C=C/c1ccccc1)N1CCN(c2nc(-c3ccsc3)cs2)CC1. The van der Waals surface area contributed by atoms with Crippen molar-refractivity contribution in [3.8, 4) is 11.3 Å². The molecule has 1 fully saturated rings. The van der Waals surface area contributed by atoms with Crippen molar-refractivity contribution in [1.82, 2.24) is 9.29 Å². The van der Waals surface area contributed by atoms with Crippen LogP contribution in [0.3, 0.4) is 0 Å². The van der Waals surface area contributed by atoms with E-state index in [4.69, 9.17) is 4.98 Å². The fraction of sp³-hybridized carbons (Fsp3) is 0.211. The van der Waals surface area contributed by atoms with Crippen LogP contribution in [-0.2, 0) is 10.0 Å². The van der Waals surface area contributed by atoms with E-state index in [1.165, 1.54) is 9.71 Å². The molecule has 0 unspecified atom stereocenters. The lowest BCUT2D eigenvalue weighted by molar-refractivity contribution is 0.390. The molecule has 0 aliphatic carbocycles. The van der Waals surface area contributed by atoms with E-state index >= 15 is 0 Å². The third-order valence-corrected chi connectivity index (χ3v) is 7.56. The van der Waals surface area contributed by atoms with Crippen molar-refractivity contribution in [2.24, 2.45) is 0 Å². The molecule has 27 heavy (non-hydrogen) atoms. The highest BCUT2D eigenvalue weighted by Crippen LogP contribution is 2.29. The Balaban J connectivity index is 1.39. The average Bonchev–Trinajstić information content (AvgIpc) is 3.39. The van der Waals surface area contributed by atoms with Crippen LogP contribution in [0.1, 0.15) is 5.56 Å². The molecule has 0 radical (unpaired) electrons. The van der Waals surface area contributed by atoms with E-state index in [0.717, 1.165) is 22.0 Å². The second-order valence-corrected chi connectivity index (χ2v) is 9.61. The number of thiazole rings is 1. The van der Waals surface area contributed by atoms with Crippen LogP contribution in [0, 0.1) is 0 Å². The molecule has 1 saturated heterocycles. The number of sulfonamides is 1. The molecule has 1 aliphatic rings. The largest absolute Gasteiger partial charge is 0.345 e.